The number of hydrogen-bond donors (Lipinski definition) is 2. The normalized spacial score (nSPS) is 12.8. The molecule has 3 nitrogen and oxygen atoms in total. The average Bonchev–Trinajstić information content (AvgIpc) is 2.89. The molecule has 21 heavy (non-hydrogen) atoms. The van der Waals surface area contributed by atoms with E-state index < -0.39 is 11.9 Å². The molecule has 0 amide bonds. The van der Waals surface area contributed by atoms with E-state index in [9.17, 15) is 4.39 Å². The second kappa shape index (κ2) is 5.92. The lowest BCUT2D eigenvalue weighted by atomic mass is 10.1. The molecule has 0 bridgehead atoms. The molecule has 0 spiro atoms. The van der Waals surface area contributed by atoms with E-state index in [1.54, 1.807) is 24.3 Å². The quantitative estimate of drug-likeness (QED) is 0.378. The second-order valence-electron chi connectivity index (χ2n) is 4.57. The molecule has 0 aliphatic heterocycles. The largest absolute Gasteiger partial charge is 0.456 e. The van der Waals surface area contributed by atoms with Crippen molar-refractivity contribution >= 4 is 45.2 Å². The molecule has 1 atom stereocenters. The van der Waals surface area contributed by atoms with Gasteiger partial charge < -0.3 is 4.42 Å². The molecular formula is C15H11ClFIN2O. The van der Waals surface area contributed by atoms with Crippen molar-refractivity contribution in [1.29, 1.82) is 0 Å². The number of furan rings is 1. The third-order valence-electron chi connectivity index (χ3n) is 3.24. The number of nitrogens with two attached hydrogens (primary N) is 1. The van der Waals surface area contributed by atoms with Crippen LogP contribution in [0.25, 0.3) is 11.0 Å². The molecule has 1 aromatic heterocycles. The highest BCUT2D eigenvalue weighted by Gasteiger charge is 2.21. The molecule has 1 unspecified atom stereocenters. The van der Waals surface area contributed by atoms with Gasteiger partial charge in [0.25, 0.3) is 0 Å². The number of halogens is 3. The summed E-state index contributed by atoms with van der Waals surface area (Å²) in [5.74, 6) is 5.81. The molecule has 108 valence electrons. The Kier molecular flexibility index (Phi) is 4.17. The van der Waals surface area contributed by atoms with E-state index in [-0.39, 0.29) is 5.58 Å². The summed E-state index contributed by atoms with van der Waals surface area (Å²) in [7, 11) is 0. The summed E-state index contributed by atoms with van der Waals surface area (Å²) in [6.45, 7) is 0. The van der Waals surface area contributed by atoms with Gasteiger partial charge in [0.15, 0.2) is 11.4 Å². The number of rotatable bonds is 3. The van der Waals surface area contributed by atoms with Crippen LogP contribution in [0.3, 0.4) is 0 Å². The monoisotopic (exact) mass is 416 g/mol. The van der Waals surface area contributed by atoms with Gasteiger partial charge in [-0.05, 0) is 58.5 Å². The van der Waals surface area contributed by atoms with Crippen molar-refractivity contribution in [3.8, 4) is 0 Å². The van der Waals surface area contributed by atoms with Crippen LogP contribution in [0.5, 0.6) is 0 Å². The van der Waals surface area contributed by atoms with Crippen molar-refractivity contribution in [3.05, 3.63) is 68.2 Å². The first-order valence-electron chi connectivity index (χ1n) is 6.19. The zero-order valence-corrected chi connectivity index (χ0v) is 13.7. The maximum absolute atomic E-state index is 13.7. The van der Waals surface area contributed by atoms with E-state index in [1.807, 2.05) is 12.1 Å². The van der Waals surface area contributed by atoms with Gasteiger partial charge in [-0.15, -0.1) is 0 Å². The highest BCUT2D eigenvalue weighted by atomic mass is 127. The van der Waals surface area contributed by atoms with Crippen LogP contribution in [0.15, 0.2) is 46.9 Å². The minimum absolute atomic E-state index is 0.227. The zero-order chi connectivity index (χ0) is 15.0. The maximum atomic E-state index is 13.7. The molecule has 2 aromatic carbocycles. The lowest BCUT2D eigenvalue weighted by Crippen LogP contribution is -2.29. The van der Waals surface area contributed by atoms with Crippen LogP contribution in [0.2, 0.25) is 5.02 Å². The molecule has 1 heterocycles. The Labute approximate surface area is 139 Å². The third-order valence-corrected chi connectivity index (χ3v) is 4.45. The van der Waals surface area contributed by atoms with Crippen LogP contribution in [0.1, 0.15) is 17.4 Å². The van der Waals surface area contributed by atoms with Gasteiger partial charge >= 0.3 is 0 Å². The summed E-state index contributed by atoms with van der Waals surface area (Å²) in [5, 5.41) is 1.30. The van der Waals surface area contributed by atoms with Gasteiger partial charge in [0.05, 0.1) is 0 Å². The molecule has 6 heteroatoms. The third kappa shape index (κ3) is 2.78. The Hall–Kier alpha value is -1.15. The van der Waals surface area contributed by atoms with Crippen LogP contribution < -0.4 is 11.3 Å². The van der Waals surface area contributed by atoms with Gasteiger partial charge in [-0.2, -0.15) is 0 Å². The number of hydrazine groups is 1. The lowest BCUT2D eigenvalue weighted by Gasteiger charge is -2.15. The van der Waals surface area contributed by atoms with E-state index in [2.05, 4.69) is 28.0 Å². The first kappa shape index (κ1) is 14.8. The molecule has 0 saturated carbocycles. The van der Waals surface area contributed by atoms with E-state index in [1.165, 1.54) is 6.07 Å². The fraction of sp³-hybridized carbons (Fsp3) is 0.0667. The first-order chi connectivity index (χ1) is 10.1. The highest BCUT2D eigenvalue weighted by molar-refractivity contribution is 14.1. The Bertz CT molecular complexity index is 805. The predicted molar refractivity (Wildman–Crippen MR) is 89.5 cm³/mol. The van der Waals surface area contributed by atoms with Crippen molar-refractivity contribution in [2.45, 2.75) is 6.04 Å². The number of hydrogen-bond acceptors (Lipinski definition) is 3. The molecule has 3 N–H and O–H groups in total. The Balaban J connectivity index is 2.13. The van der Waals surface area contributed by atoms with Gasteiger partial charge in [0, 0.05) is 14.0 Å². The molecule has 3 aromatic rings. The molecule has 0 aliphatic carbocycles. The first-order valence-corrected chi connectivity index (χ1v) is 7.65. The van der Waals surface area contributed by atoms with Crippen LogP contribution in [0, 0.1) is 9.39 Å². The average molecular weight is 417 g/mol. The number of para-hydroxylation sites is 1. The number of fused-ring (bicyclic) bond motifs is 1. The van der Waals surface area contributed by atoms with Gasteiger partial charge in [-0.25, -0.2) is 9.82 Å². The summed E-state index contributed by atoms with van der Waals surface area (Å²) in [5.41, 5.74) is 3.81. The van der Waals surface area contributed by atoms with Gasteiger partial charge in [-0.3, -0.25) is 5.84 Å². The van der Waals surface area contributed by atoms with E-state index in [0.29, 0.717) is 16.2 Å². The Morgan fingerprint density at radius 1 is 1.24 bits per heavy atom. The summed E-state index contributed by atoms with van der Waals surface area (Å²) in [6.07, 6.45) is 0. The van der Waals surface area contributed by atoms with Gasteiger partial charge in [-0.1, -0.05) is 23.7 Å². The smallest absolute Gasteiger partial charge is 0.169 e. The van der Waals surface area contributed by atoms with Crippen molar-refractivity contribution in [3.63, 3.8) is 0 Å². The molecule has 3 rings (SSSR count). The zero-order valence-electron chi connectivity index (χ0n) is 10.7. The number of benzene rings is 2. The minimum Gasteiger partial charge on any atom is -0.456 e. The molecule has 0 saturated heterocycles. The SMILES string of the molecule is NNC(c1cc2cccc(F)c2o1)c1cc(Cl)ccc1I. The van der Waals surface area contributed by atoms with Crippen molar-refractivity contribution in [2.24, 2.45) is 5.84 Å². The molecule has 0 fully saturated rings. The van der Waals surface area contributed by atoms with Crippen LogP contribution in [-0.4, -0.2) is 0 Å². The van der Waals surface area contributed by atoms with Crippen LogP contribution >= 0.6 is 34.2 Å². The van der Waals surface area contributed by atoms with Crippen molar-refractivity contribution in [2.75, 3.05) is 0 Å². The molecular weight excluding hydrogens is 406 g/mol. The Morgan fingerprint density at radius 2 is 2.05 bits per heavy atom. The van der Waals surface area contributed by atoms with Crippen molar-refractivity contribution < 1.29 is 8.81 Å². The Morgan fingerprint density at radius 3 is 2.76 bits per heavy atom. The predicted octanol–water partition coefficient (Wildman–Crippen LogP) is 4.38. The van der Waals surface area contributed by atoms with Gasteiger partial charge in [0.1, 0.15) is 11.8 Å². The van der Waals surface area contributed by atoms with E-state index in [4.69, 9.17) is 21.9 Å². The molecule has 0 aliphatic rings. The van der Waals surface area contributed by atoms with E-state index >= 15 is 0 Å². The number of nitrogens with one attached hydrogen (secondary N) is 1. The fourth-order valence-electron chi connectivity index (χ4n) is 2.25. The standard InChI is InChI=1S/C15H11ClFIN2O/c16-9-4-5-12(18)10(7-9)14(20-19)13-6-8-2-1-3-11(17)15(8)21-13/h1-7,14,20H,19H2. The minimum atomic E-state index is -0.401. The maximum Gasteiger partial charge on any atom is 0.169 e. The summed E-state index contributed by atoms with van der Waals surface area (Å²) in [6, 6.07) is 11.7. The molecule has 0 radical (unpaired) electrons. The summed E-state index contributed by atoms with van der Waals surface area (Å²) < 4.78 is 20.4. The van der Waals surface area contributed by atoms with Crippen molar-refractivity contribution in [1.82, 2.24) is 5.43 Å². The summed E-state index contributed by atoms with van der Waals surface area (Å²) in [4.78, 5) is 0. The van der Waals surface area contributed by atoms with Crippen LogP contribution in [-0.2, 0) is 0 Å². The topological polar surface area (TPSA) is 51.2 Å². The lowest BCUT2D eigenvalue weighted by molar-refractivity contribution is 0.464. The fourth-order valence-corrected chi connectivity index (χ4v) is 3.08. The second-order valence-corrected chi connectivity index (χ2v) is 6.17. The van der Waals surface area contributed by atoms with Crippen LogP contribution in [0.4, 0.5) is 4.39 Å². The van der Waals surface area contributed by atoms with Gasteiger partial charge in [0.2, 0.25) is 0 Å². The summed E-state index contributed by atoms with van der Waals surface area (Å²) >= 11 is 8.24. The van der Waals surface area contributed by atoms with E-state index in [0.717, 1.165) is 9.13 Å². The highest BCUT2D eigenvalue weighted by Crippen LogP contribution is 2.32.